The lowest BCUT2D eigenvalue weighted by Gasteiger charge is -2.29. The van der Waals surface area contributed by atoms with Crippen LogP contribution in [0.1, 0.15) is 31.2 Å². The van der Waals surface area contributed by atoms with Crippen LogP contribution in [0.2, 0.25) is 5.02 Å². The van der Waals surface area contributed by atoms with Gasteiger partial charge in [-0.05, 0) is 100 Å². The highest BCUT2D eigenvalue weighted by atomic mass is 35.5. The molecule has 1 saturated heterocycles. The molecule has 0 radical (unpaired) electrons. The van der Waals surface area contributed by atoms with Crippen molar-refractivity contribution in [2.45, 2.75) is 32.1 Å². The van der Waals surface area contributed by atoms with E-state index in [4.69, 9.17) is 16.6 Å². The van der Waals surface area contributed by atoms with Gasteiger partial charge in [0.15, 0.2) is 0 Å². The second-order valence-electron chi connectivity index (χ2n) is 8.72. The minimum Gasteiger partial charge on any atom is -0.371 e. The normalized spacial score (nSPS) is 17.9. The lowest BCUT2D eigenvalue weighted by Crippen LogP contribution is -2.30. The van der Waals surface area contributed by atoms with Crippen molar-refractivity contribution < 1.29 is 0 Å². The van der Waals surface area contributed by atoms with Crippen LogP contribution in [-0.4, -0.2) is 48.1 Å². The summed E-state index contributed by atoms with van der Waals surface area (Å²) in [5.41, 5.74) is 5.96. The minimum atomic E-state index is 0.723. The standard InChI is InChI=1S/C24H29ClN4/c1-28-12-8-17(9-13-28)3-2-11-29-14-10-18-15-19(4-7-23(18)29)24-26-21-6-5-20(25)16-22(21)27-24/h4-7,15-17H,2-3,8-14H2,1H3,(H,26,27). The van der Waals surface area contributed by atoms with Crippen LogP contribution in [0, 0.1) is 5.92 Å². The van der Waals surface area contributed by atoms with Crippen molar-refractivity contribution in [1.82, 2.24) is 14.9 Å². The number of aromatic nitrogens is 2. The molecule has 5 rings (SSSR count). The molecule has 0 amide bonds. The van der Waals surface area contributed by atoms with Gasteiger partial charge in [-0.15, -0.1) is 0 Å². The smallest absolute Gasteiger partial charge is 0.138 e. The SMILES string of the molecule is CN1CCC(CCCN2CCc3cc(-c4nc5cc(Cl)ccc5[nH]4)ccc32)CC1. The molecule has 0 unspecified atom stereocenters. The molecule has 1 fully saturated rings. The van der Waals surface area contributed by atoms with Crippen LogP contribution >= 0.6 is 11.6 Å². The molecular weight excluding hydrogens is 380 g/mol. The molecule has 2 aliphatic rings. The third-order valence-corrected chi connectivity index (χ3v) is 6.90. The zero-order chi connectivity index (χ0) is 19.8. The molecule has 5 heteroatoms. The fourth-order valence-electron chi connectivity index (χ4n) is 4.89. The van der Waals surface area contributed by atoms with E-state index in [9.17, 15) is 0 Å². The Hall–Kier alpha value is -2.04. The van der Waals surface area contributed by atoms with Gasteiger partial charge in [0, 0.05) is 29.4 Å². The summed E-state index contributed by atoms with van der Waals surface area (Å²) in [7, 11) is 2.24. The van der Waals surface area contributed by atoms with Gasteiger partial charge in [-0.3, -0.25) is 0 Å². The molecule has 0 atom stereocenters. The highest BCUT2D eigenvalue weighted by Gasteiger charge is 2.21. The van der Waals surface area contributed by atoms with Crippen LogP contribution in [0.4, 0.5) is 5.69 Å². The first-order chi connectivity index (χ1) is 14.2. The molecule has 4 nitrogen and oxygen atoms in total. The van der Waals surface area contributed by atoms with E-state index < -0.39 is 0 Å². The number of H-pyrrole nitrogens is 1. The third kappa shape index (κ3) is 4.01. The lowest BCUT2D eigenvalue weighted by atomic mass is 9.92. The predicted molar refractivity (Wildman–Crippen MR) is 122 cm³/mol. The van der Waals surface area contributed by atoms with Crippen LogP contribution < -0.4 is 4.90 Å². The molecule has 0 aliphatic carbocycles. The Balaban J connectivity index is 1.25. The largest absolute Gasteiger partial charge is 0.371 e. The molecule has 2 aromatic carbocycles. The monoisotopic (exact) mass is 408 g/mol. The number of piperidine rings is 1. The average Bonchev–Trinajstić information content (AvgIpc) is 3.33. The summed E-state index contributed by atoms with van der Waals surface area (Å²) < 4.78 is 0. The summed E-state index contributed by atoms with van der Waals surface area (Å²) in [6, 6.07) is 12.6. The Morgan fingerprint density at radius 2 is 1.97 bits per heavy atom. The van der Waals surface area contributed by atoms with Crippen molar-refractivity contribution >= 4 is 28.3 Å². The number of imidazole rings is 1. The lowest BCUT2D eigenvalue weighted by molar-refractivity contribution is 0.211. The molecule has 3 heterocycles. The summed E-state index contributed by atoms with van der Waals surface area (Å²) in [4.78, 5) is 13.2. The summed E-state index contributed by atoms with van der Waals surface area (Å²) >= 11 is 6.10. The summed E-state index contributed by atoms with van der Waals surface area (Å²) in [6.45, 7) is 4.87. The first kappa shape index (κ1) is 19.0. The molecule has 29 heavy (non-hydrogen) atoms. The van der Waals surface area contributed by atoms with Crippen LogP contribution in [0.15, 0.2) is 36.4 Å². The first-order valence-electron chi connectivity index (χ1n) is 10.9. The number of anilines is 1. The van der Waals surface area contributed by atoms with Gasteiger partial charge < -0.3 is 14.8 Å². The molecule has 0 spiro atoms. The fourth-order valence-corrected chi connectivity index (χ4v) is 5.05. The summed E-state index contributed by atoms with van der Waals surface area (Å²) in [5, 5.41) is 0.723. The molecule has 152 valence electrons. The van der Waals surface area contributed by atoms with Crippen LogP contribution in [0.5, 0.6) is 0 Å². The average molecular weight is 409 g/mol. The number of hydrogen-bond donors (Lipinski definition) is 1. The van der Waals surface area contributed by atoms with Crippen molar-refractivity contribution in [2.75, 3.05) is 38.1 Å². The number of rotatable bonds is 5. The fraction of sp³-hybridized carbons (Fsp3) is 0.458. The minimum absolute atomic E-state index is 0.723. The van der Waals surface area contributed by atoms with Crippen molar-refractivity contribution in [3.05, 3.63) is 47.0 Å². The number of nitrogens with one attached hydrogen (secondary N) is 1. The Kier molecular flexibility index (Phi) is 5.23. The number of likely N-dealkylation sites (tertiary alicyclic amines) is 1. The quantitative estimate of drug-likeness (QED) is 0.616. The van der Waals surface area contributed by atoms with Crippen molar-refractivity contribution in [3.63, 3.8) is 0 Å². The molecular formula is C24H29ClN4. The van der Waals surface area contributed by atoms with Crippen LogP contribution in [0.25, 0.3) is 22.4 Å². The van der Waals surface area contributed by atoms with Crippen molar-refractivity contribution in [2.24, 2.45) is 5.92 Å². The molecule has 0 bridgehead atoms. The molecule has 1 N–H and O–H groups in total. The number of benzene rings is 2. The number of aromatic amines is 1. The van der Waals surface area contributed by atoms with Gasteiger partial charge in [-0.25, -0.2) is 4.98 Å². The summed E-state index contributed by atoms with van der Waals surface area (Å²) in [5.74, 6) is 1.85. The van der Waals surface area contributed by atoms with E-state index in [0.717, 1.165) is 46.3 Å². The van der Waals surface area contributed by atoms with Gasteiger partial charge in [-0.2, -0.15) is 0 Å². The van der Waals surface area contributed by atoms with E-state index in [1.54, 1.807) is 0 Å². The molecule has 0 saturated carbocycles. The molecule has 1 aromatic heterocycles. The zero-order valence-corrected chi connectivity index (χ0v) is 17.9. The van der Waals surface area contributed by atoms with Crippen molar-refractivity contribution in [1.29, 1.82) is 0 Å². The highest BCUT2D eigenvalue weighted by molar-refractivity contribution is 6.31. The van der Waals surface area contributed by atoms with Gasteiger partial charge in [0.1, 0.15) is 5.82 Å². The van der Waals surface area contributed by atoms with Crippen molar-refractivity contribution in [3.8, 4) is 11.4 Å². The number of halogens is 1. The van der Waals surface area contributed by atoms with Crippen LogP contribution in [-0.2, 0) is 6.42 Å². The van der Waals surface area contributed by atoms with Gasteiger partial charge in [0.05, 0.1) is 11.0 Å². The van der Waals surface area contributed by atoms with Gasteiger partial charge >= 0.3 is 0 Å². The molecule has 2 aliphatic heterocycles. The Morgan fingerprint density at radius 1 is 1.10 bits per heavy atom. The maximum absolute atomic E-state index is 6.10. The Morgan fingerprint density at radius 3 is 2.83 bits per heavy atom. The predicted octanol–water partition coefficient (Wildman–Crippen LogP) is 5.37. The topological polar surface area (TPSA) is 35.2 Å². The van der Waals surface area contributed by atoms with Gasteiger partial charge in [0.2, 0.25) is 0 Å². The first-order valence-corrected chi connectivity index (χ1v) is 11.3. The maximum Gasteiger partial charge on any atom is 0.138 e. The van der Waals surface area contributed by atoms with E-state index in [2.05, 4.69) is 40.0 Å². The van der Waals surface area contributed by atoms with E-state index in [-0.39, 0.29) is 0 Å². The van der Waals surface area contributed by atoms with E-state index >= 15 is 0 Å². The second kappa shape index (κ2) is 8.00. The van der Waals surface area contributed by atoms with E-state index in [1.165, 1.54) is 56.6 Å². The third-order valence-electron chi connectivity index (χ3n) is 6.67. The number of nitrogens with zero attached hydrogens (tertiary/aromatic N) is 3. The van der Waals surface area contributed by atoms with Gasteiger partial charge in [0.25, 0.3) is 0 Å². The summed E-state index contributed by atoms with van der Waals surface area (Å²) in [6.07, 6.45) is 6.56. The molecule has 3 aromatic rings. The highest BCUT2D eigenvalue weighted by Crippen LogP contribution is 2.33. The number of hydrogen-bond acceptors (Lipinski definition) is 3. The Bertz CT molecular complexity index is 1000. The maximum atomic E-state index is 6.10. The zero-order valence-electron chi connectivity index (χ0n) is 17.1. The van der Waals surface area contributed by atoms with Crippen LogP contribution in [0.3, 0.4) is 0 Å². The van der Waals surface area contributed by atoms with Gasteiger partial charge in [-0.1, -0.05) is 11.6 Å². The van der Waals surface area contributed by atoms with E-state index in [1.807, 2.05) is 18.2 Å². The Labute approximate surface area is 177 Å². The van der Waals surface area contributed by atoms with E-state index in [0.29, 0.717) is 0 Å². The number of fused-ring (bicyclic) bond motifs is 2. The second-order valence-corrected chi connectivity index (χ2v) is 9.15.